The summed E-state index contributed by atoms with van der Waals surface area (Å²) in [6, 6.07) is 12.5. The monoisotopic (exact) mass is 358 g/mol. The van der Waals surface area contributed by atoms with E-state index in [1.54, 1.807) is 29.8 Å². The number of aromatic nitrogens is 1. The van der Waals surface area contributed by atoms with E-state index in [9.17, 15) is 4.79 Å². The van der Waals surface area contributed by atoms with Crippen molar-refractivity contribution in [3.8, 4) is 5.75 Å². The largest absolute Gasteiger partial charge is 0.487 e. The van der Waals surface area contributed by atoms with Crippen molar-refractivity contribution in [2.24, 2.45) is 0 Å². The smallest absolute Gasteiger partial charge is 0.255 e. The standard InChI is InChI=1S/C18H15ClN2O2S/c1-12-5-6-17(16(19)7-12)21-18(22)13-3-2-4-15(8-13)23-9-14-10-24-11-20-14/h2-8,10-11H,9H2,1H3,(H,21,22). The minimum atomic E-state index is -0.236. The summed E-state index contributed by atoms with van der Waals surface area (Å²) in [5.74, 6) is 0.380. The zero-order chi connectivity index (χ0) is 16.9. The summed E-state index contributed by atoms with van der Waals surface area (Å²) in [5.41, 5.74) is 4.74. The maximum atomic E-state index is 12.4. The van der Waals surface area contributed by atoms with E-state index in [2.05, 4.69) is 10.3 Å². The van der Waals surface area contributed by atoms with Gasteiger partial charge in [0.15, 0.2) is 0 Å². The van der Waals surface area contributed by atoms with Gasteiger partial charge in [0.05, 0.1) is 21.9 Å². The van der Waals surface area contributed by atoms with Crippen LogP contribution in [0, 0.1) is 6.92 Å². The van der Waals surface area contributed by atoms with Gasteiger partial charge in [-0.05, 0) is 42.8 Å². The van der Waals surface area contributed by atoms with Crippen molar-refractivity contribution in [2.75, 3.05) is 5.32 Å². The number of carbonyl (C=O) groups excluding carboxylic acids is 1. The van der Waals surface area contributed by atoms with Gasteiger partial charge in [0.25, 0.3) is 5.91 Å². The number of aryl methyl sites for hydroxylation is 1. The van der Waals surface area contributed by atoms with Crippen molar-refractivity contribution in [2.45, 2.75) is 13.5 Å². The zero-order valence-electron chi connectivity index (χ0n) is 13.0. The topological polar surface area (TPSA) is 51.2 Å². The van der Waals surface area contributed by atoms with E-state index >= 15 is 0 Å². The molecule has 0 saturated carbocycles. The first-order chi connectivity index (χ1) is 11.6. The van der Waals surface area contributed by atoms with Crippen molar-refractivity contribution >= 4 is 34.5 Å². The lowest BCUT2D eigenvalue weighted by Gasteiger charge is -2.09. The molecule has 0 aliphatic carbocycles. The van der Waals surface area contributed by atoms with E-state index in [0.29, 0.717) is 28.6 Å². The normalized spacial score (nSPS) is 10.4. The first-order valence-electron chi connectivity index (χ1n) is 7.29. The first-order valence-corrected chi connectivity index (χ1v) is 8.61. The number of nitrogens with one attached hydrogen (secondary N) is 1. The molecule has 1 aromatic heterocycles. The third-order valence-electron chi connectivity index (χ3n) is 3.34. The summed E-state index contributed by atoms with van der Waals surface area (Å²) < 4.78 is 5.67. The molecule has 0 saturated heterocycles. The van der Waals surface area contributed by atoms with Gasteiger partial charge in [0.2, 0.25) is 0 Å². The van der Waals surface area contributed by atoms with Crippen LogP contribution in [0.3, 0.4) is 0 Å². The van der Waals surface area contributed by atoms with Crippen LogP contribution in [0.25, 0.3) is 0 Å². The highest BCUT2D eigenvalue weighted by molar-refractivity contribution is 7.07. The molecule has 0 aliphatic rings. The highest BCUT2D eigenvalue weighted by Gasteiger charge is 2.10. The van der Waals surface area contributed by atoms with E-state index in [1.165, 1.54) is 11.3 Å². The molecule has 0 spiro atoms. The predicted molar refractivity (Wildman–Crippen MR) is 97.0 cm³/mol. The van der Waals surface area contributed by atoms with Crippen LogP contribution < -0.4 is 10.1 Å². The van der Waals surface area contributed by atoms with Crippen LogP contribution in [-0.4, -0.2) is 10.9 Å². The Hall–Kier alpha value is -2.37. The van der Waals surface area contributed by atoms with Crippen molar-refractivity contribution in [1.29, 1.82) is 0 Å². The minimum absolute atomic E-state index is 0.236. The number of thiazole rings is 1. The van der Waals surface area contributed by atoms with Gasteiger partial charge in [0.1, 0.15) is 12.4 Å². The molecule has 0 aliphatic heterocycles. The fourth-order valence-electron chi connectivity index (χ4n) is 2.11. The summed E-state index contributed by atoms with van der Waals surface area (Å²) in [4.78, 5) is 16.6. The van der Waals surface area contributed by atoms with Crippen LogP contribution in [0.4, 0.5) is 5.69 Å². The Morgan fingerprint density at radius 1 is 1.29 bits per heavy atom. The van der Waals surface area contributed by atoms with E-state index in [-0.39, 0.29) is 5.91 Å². The number of anilines is 1. The maximum Gasteiger partial charge on any atom is 0.255 e. The Morgan fingerprint density at radius 2 is 2.17 bits per heavy atom. The lowest BCUT2D eigenvalue weighted by atomic mass is 10.2. The number of benzene rings is 2. The van der Waals surface area contributed by atoms with Gasteiger partial charge >= 0.3 is 0 Å². The van der Waals surface area contributed by atoms with E-state index in [1.807, 2.05) is 30.5 Å². The minimum Gasteiger partial charge on any atom is -0.487 e. The molecule has 6 heteroatoms. The molecular weight excluding hydrogens is 344 g/mol. The molecule has 24 heavy (non-hydrogen) atoms. The van der Waals surface area contributed by atoms with E-state index < -0.39 is 0 Å². The summed E-state index contributed by atoms with van der Waals surface area (Å²) in [5, 5.41) is 5.25. The molecule has 1 N–H and O–H groups in total. The molecule has 0 unspecified atom stereocenters. The van der Waals surface area contributed by atoms with Gasteiger partial charge in [-0.15, -0.1) is 11.3 Å². The van der Waals surface area contributed by atoms with Crippen molar-refractivity contribution in [1.82, 2.24) is 4.98 Å². The van der Waals surface area contributed by atoms with Crippen molar-refractivity contribution < 1.29 is 9.53 Å². The summed E-state index contributed by atoms with van der Waals surface area (Å²) in [6.45, 7) is 2.32. The van der Waals surface area contributed by atoms with Gasteiger partial charge in [0, 0.05) is 10.9 Å². The van der Waals surface area contributed by atoms with Crippen LogP contribution in [0.15, 0.2) is 53.4 Å². The molecule has 3 rings (SSSR count). The molecule has 3 aromatic rings. The highest BCUT2D eigenvalue weighted by atomic mass is 35.5. The van der Waals surface area contributed by atoms with Gasteiger partial charge in [-0.3, -0.25) is 4.79 Å². The molecule has 1 amide bonds. The Bertz CT molecular complexity index is 850. The molecule has 0 bridgehead atoms. The van der Waals surface area contributed by atoms with Crippen molar-refractivity contribution in [3.63, 3.8) is 0 Å². The van der Waals surface area contributed by atoms with Crippen LogP contribution in [0.1, 0.15) is 21.6 Å². The van der Waals surface area contributed by atoms with Gasteiger partial charge < -0.3 is 10.1 Å². The number of halogens is 1. The van der Waals surface area contributed by atoms with Crippen molar-refractivity contribution in [3.05, 3.63) is 75.2 Å². The van der Waals surface area contributed by atoms with E-state index in [4.69, 9.17) is 16.3 Å². The Balaban J connectivity index is 1.69. The number of ether oxygens (including phenoxy) is 1. The second-order valence-corrected chi connectivity index (χ2v) is 6.36. The molecule has 1 heterocycles. The average Bonchev–Trinajstić information content (AvgIpc) is 3.09. The summed E-state index contributed by atoms with van der Waals surface area (Å²) >= 11 is 7.67. The van der Waals surface area contributed by atoms with Crippen LogP contribution >= 0.6 is 22.9 Å². The summed E-state index contributed by atoms with van der Waals surface area (Å²) in [6.07, 6.45) is 0. The quantitative estimate of drug-likeness (QED) is 0.703. The summed E-state index contributed by atoms with van der Waals surface area (Å²) in [7, 11) is 0. The van der Waals surface area contributed by atoms with E-state index in [0.717, 1.165) is 11.3 Å². The fraction of sp³-hybridized carbons (Fsp3) is 0.111. The molecule has 2 aromatic carbocycles. The Kier molecular flexibility index (Phi) is 5.13. The molecule has 122 valence electrons. The van der Waals surface area contributed by atoms with Gasteiger partial charge in [-0.1, -0.05) is 23.7 Å². The number of carbonyl (C=O) groups is 1. The fourth-order valence-corrected chi connectivity index (χ4v) is 2.93. The predicted octanol–water partition coefficient (Wildman–Crippen LogP) is 4.94. The number of nitrogens with zero attached hydrogens (tertiary/aromatic N) is 1. The third-order valence-corrected chi connectivity index (χ3v) is 4.29. The highest BCUT2D eigenvalue weighted by Crippen LogP contribution is 2.24. The molecule has 4 nitrogen and oxygen atoms in total. The maximum absolute atomic E-state index is 12.4. The van der Waals surface area contributed by atoms with Crippen LogP contribution in [0.2, 0.25) is 5.02 Å². The Morgan fingerprint density at radius 3 is 2.92 bits per heavy atom. The number of hydrogen-bond donors (Lipinski definition) is 1. The molecular formula is C18H15ClN2O2S. The second-order valence-electron chi connectivity index (χ2n) is 5.23. The lowest BCUT2D eigenvalue weighted by molar-refractivity contribution is 0.102. The second kappa shape index (κ2) is 7.47. The van der Waals surface area contributed by atoms with Gasteiger partial charge in [-0.2, -0.15) is 0 Å². The molecule has 0 atom stereocenters. The zero-order valence-corrected chi connectivity index (χ0v) is 14.5. The molecule has 0 radical (unpaired) electrons. The lowest BCUT2D eigenvalue weighted by Crippen LogP contribution is -2.12. The molecule has 0 fully saturated rings. The van der Waals surface area contributed by atoms with Crippen LogP contribution in [0.5, 0.6) is 5.75 Å². The average molecular weight is 359 g/mol. The first kappa shape index (κ1) is 16.5. The SMILES string of the molecule is Cc1ccc(NC(=O)c2cccc(OCc3cscn3)c2)c(Cl)c1. The number of amides is 1. The number of hydrogen-bond acceptors (Lipinski definition) is 4. The Labute approximate surface area is 149 Å². The third kappa shape index (κ3) is 4.13. The number of rotatable bonds is 5. The van der Waals surface area contributed by atoms with Crippen LogP contribution in [-0.2, 0) is 6.61 Å². The van der Waals surface area contributed by atoms with Gasteiger partial charge in [-0.25, -0.2) is 4.98 Å².